The minimum atomic E-state index is -0.983. The zero-order valence-electron chi connectivity index (χ0n) is 12.2. The summed E-state index contributed by atoms with van der Waals surface area (Å²) in [6.07, 6.45) is 0. The van der Waals surface area contributed by atoms with Crippen molar-refractivity contribution in [2.45, 2.75) is 70.0 Å². The van der Waals surface area contributed by atoms with Gasteiger partial charge >= 0.3 is 0 Å². The first kappa shape index (κ1) is 13.6. The van der Waals surface area contributed by atoms with E-state index in [1.54, 1.807) is 0 Å². The van der Waals surface area contributed by atoms with Crippen LogP contribution in [-0.4, -0.2) is 24.2 Å². The first-order chi connectivity index (χ1) is 6.37. The maximum Gasteiger partial charge on any atom is 0.261 e. The number of hydrogen-bond donors (Lipinski definition) is 0. The second kappa shape index (κ2) is 3.50. The molecule has 1 fully saturated rings. The zero-order chi connectivity index (χ0) is 12.2. The highest BCUT2D eigenvalue weighted by Crippen LogP contribution is 2.71. The van der Waals surface area contributed by atoms with E-state index < -0.39 is 24.2 Å². The lowest BCUT2D eigenvalue weighted by molar-refractivity contribution is 1.27. The Kier molecular flexibility index (Phi) is 3.17. The number of hydrogen-bond acceptors (Lipinski definition) is 0. The van der Waals surface area contributed by atoms with E-state index in [-0.39, 0.29) is 0 Å². The van der Waals surface area contributed by atoms with E-state index in [9.17, 15) is 0 Å². The van der Waals surface area contributed by atoms with Gasteiger partial charge in [-0.2, -0.15) is 0 Å². The molecular weight excluding hydrogens is 228 g/mol. The van der Waals surface area contributed by atoms with Crippen LogP contribution < -0.4 is 0 Å². The first-order valence-corrected chi connectivity index (χ1v) is 16.9. The summed E-state index contributed by atoms with van der Waals surface area (Å²) in [6, 6.07) is 0. The van der Waals surface area contributed by atoms with E-state index in [0.29, 0.717) is 0 Å². The van der Waals surface area contributed by atoms with Gasteiger partial charge in [0.2, 0.25) is 0 Å². The van der Waals surface area contributed by atoms with Gasteiger partial charge < -0.3 is 0 Å². The van der Waals surface area contributed by atoms with Crippen LogP contribution >= 0.6 is 0 Å². The molecule has 0 radical (unpaired) electrons. The third-order valence-corrected chi connectivity index (χ3v) is 11.9. The predicted octanol–water partition coefficient (Wildman–Crippen LogP) is 4.87. The maximum atomic E-state index is 2.57. The van der Waals surface area contributed by atoms with Crippen LogP contribution in [0.2, 0.25) is 70.0 Å². The van der Waals surface area contributed by atoms with E-state index in [2.05, 4.69) is 64.5 Å². The van der Waals surface area contributed by atoms with E-state index in [4.69, 9.17) is 0 Å². The lowest BCUT2D eigenvalue weighted by atomic mass is 10.9. The van der Waals surface area contributed by atoms with Gasteiger partial charge in [-0.25, -0.2) is 0 Å². The first-order valence-electron chi connectivity index (χ1n) is 6.24. The summed E-state index contributed by atoms with van der Waals surface area (Å²) in [4.78, 5) is 0. The van der Waals surface area contributed by atoms with Gasteiger partial charge in [0, 0.05) is 5.54 Å². The molecule has 0 nitrogen and oxygen atoms in total. The van der Waals surface area contributed by atoms with Crippen molar-refractivity contribution in [3.8, 4) is 0 Å². The van der Waals surface area contributed by atoms with Crippen molar-refractivity contribution in [3.63, 3.8) is 0 Å². The molecule has 2 atom stereocenters. The Morgan fingerprint density at radius 1 is 0.600 bits per heavy atom. The molecule has 15 heavy (non-hydrogen) atoms. The molecule has 1 aliphatic carbocycles. The Morgan fingerprint density at radius 3 is 0.933 bits per heavy atom. The van der Waals surface area contributed by atoms with Gasteiger partial charge in [-0.3, -0.25) is 0 Å². The Hall–Kier alpha value is 0.521. The third kappa shape index (κ3) is 2.80. The van der Waals surface area contributed by atoms with E-state index in [0.717, 1.165) is 11.1 Å². The normalized spacial score (nSPS) is 28.2. The van der Waals surface area contributed by atoms with Crippen LogP contribution in [0.5, 0.6) is 0 Å². The molecule has 0 saturated heterocycles. The molecule has 0 N–H and O–H groups in total. The molecule has 3 heteroatoms. The lowest BCUT2D eigenvalue weighted by Crippen LogP contribution is -2.29. The van der Waals surface area contributed by atoms with Crippen LogP contribution in [0, 0.1) is 5.54 Å². The molecule has 1 saturated carbocycles. The van der Waals surface area contributed by atoms with Crippen molar-refractivity contribution >= 4 is 24.2 Å². The van der Waals surface area contributed by atoms with Crippen LogP contribution in [0.1, 0.15) is 0 Å². The standard InChI is InChI=1S/C12H29Si3/c1-13(2,3)10-11(14(4,5)6)12(10)15(7,8)9/h10-11H,1-9H3/q+1. The molecule has 0 amide bonds. The Bertz CT molecular complexity index is 190. The van der Waals surface area contributed by atoms with Crippen molar-refractivity contribution in [3.05, 3.63) is 5.54 Å². The van der Waals surface area contributed by atoms with Gasteiger partial charge in [0.15, 0.2) is 0 Å². The zero-order valence-corrected chi connectivity index (χ0v) is 15.2. The molecule has 1 rings (SSSR count). The van der Waals surface area contributed by atoms with E-state index in [1.165, 1.54) is 0 Å². The molecule has 0 aliphatic heterocycles. The number of rotatable bonds is 3. The molecule has 0 aromatic heterocycles. The minimum Gasteiger partial charge on any atom is -0.0654 e. The fraction of sp³-hybridized carbons (Fsp3) is 0.917. The average Bonchev–Trinajstić information content (AvgIpc) is 2.51. The molecule has 0 heterocycles. The quantitative estimate of drug-likeness (QED) is 0.500. The second-order valence-corrected chi connectivity index (χ2v) is 24.2. The SMILES string of the molecule is C[Si](C)(C)[C+]1C([Si](C)(C)C)C1[Si](C)(C)C. The summed E-state index contributed by atoms with van der Waals surface area (Å²) >= 11 is 0. The highest BCUT2D eigenvalue weighted by atomic mass is 28.3. The van der Waals surface area contributed by atoms with Gasteiger partial charge in [0.05, 0.1) is 0 Å². The van der Waals surface area contributed by atoms with Crippen molar-refractivity contribution in [1.82, 2.24) is 0 Å². The van der Waals surface area contributed by atoms with Crippen LogP contribution in [0.4, 0.5) is 0 Å². The fourth-order valence-corrected chi connectivity index (χ4v) is 18.3. The van der Waals surface area contributed by atoms with Crippen LogP contribution in [0.15, 0.2) is 0 Å². The monoisotopic (exact) mass is 257 g/mol. The Balaban J connectivity index is 2.91. The van der Waals surface area contributed by atoms with Crippen LogP contribution in [0.25, 0.3) is 0 Å². The largest absolute Gasteiger partial charge is 0.261 e. The van der Waals surface area contributed by atoms with Gasteiger partial charge in [-0.1, -0.05) is 39.3 Å². The van der Waals surface area contributed by atoms with Gasteiger partial charge in [0.1, 0.15) is 27.2 Å². The maximum absolute atomic E-state index is 2.57. The fourth-order valence-electron chi connectivity index (χ4n) is 3.13. The lowest BCUT2D eigenvalue weighted by Gasteiger charge is -2.14. The minimum absolute atomic E-state index is 0.937. The van der Waals surface area contributed by atoms with Gasteiger partial charge in [-0.15, -0.1) is 0 Å². The molecule has 0 bridgehead atoms. The smallest absolute Gasteiger partial charge is 0.0654 e. The topological polar surface area (TPSA) is 0 Å². The Labute approximate surface area is 99.9 Å². The van der Waals surface area contributed by atoms with Crippen molar-refractivity contribution in [1.29, 1.82) is 0 Å². The predicted molar refractivity (Wildman–Crippen MR) is 80.8 cm³/mol. The van der Waals surface area contributed by atoms with Gasteiger partial charge in [0.25, 0.3) is 8.07 Å². The molecule has 2 unspecified atom stereocenters. The van der Waals surface area contributed by atoms with Crippen molar-refractivity contribution in [2.75, 3.05) is 0 Å². The van der Waals surface area contributed by atoms with Crippen LogP contribution in [0.3, 0.4) is 0 Å². The molecule has 1 aliphatic rings. The molecule has 88 valence electrons. The molecule has 0 aromatic rings. The van der Waals surface area contributed by atoms with Gasteiger partial charge in [-0.05, 0) is 19.6 Å². The molecular formula is C12H29Si3+. The second-order valence-electron chi connectivity index (χ2n) is 8.39. The third-order valence-electron chi connectivity index (χ3n) is 3.63. The van der Waals surface area contributed by atoms with Crippen LogP contribution in [-0.2, 0) is 0 Å². The summed E-state index contributed by atoms with van der Waals surface area (Å²) in [7, 11) is -2.86. The summed E-state index contributed by atoms with van der Waals surface area (Å²) in [5, 5.41) is 0. The van der Waals surface area contributed by atoms with Crippen molar-refractivity contribution < 1.29 is 0 Å². The summed E-state index contributed by atoms with van der Waals surface area (Å²) in [6.45, 7) is 23.1. The Morgan fingerprint density at radius 2 is 0.867 bits per heavy atom. The highest BCUT2D eigenvalue weighted by molar-refractivity contribution is 6.95. The molecule has 0 aromatic carbocycles. The summed E-state index contributed by atoms with van der Waals surface area (Å²) in [5.41, 5.74) is 4.22. The highest BCUT2D eigenvalue weighted by Gasteiger charge is 2.76. The van der Waals surface area contributed by atoms with E-state index >= 15 is 0 Å². The van der Waals surface area contributed by atoms with Crippen molar-refractivity contribution in [2.24, 2.45) is 0 Å². The average molecular weight is 258 g/mol. The summed E-state index contributed by atoms with van der Waals surface area (Å²) in [5.74, 6) is 0. The molecule has 0 spiro atoms. The van der Waals surface area contributed by atoms with E-state index in [1.807, 2.05) is 0 Å². The summed E-state index contributed by atoms with van der Waals surface area (Å²) < 4.78 is 0.